The van der Waals surface area contributed by atoms with Crippen LogP contribution in [-0.2, 0) is 19.1 Å². The highest BCUT2D eigenvalue weighted by Crippen LogP contribution is 2.57. The molecule has 0 aliphatic heterocycles. The highest BCUT2D eigenvalue weighted by Gasteiger charge is 2.48. The van der Waals surface area contributed by atoms with Crippen LogP contribution in [0.2, 0.25) is 0 Å². The van der Waals surface area contributed by atoms with E-state index >= 15 is 0 Å². The maximum Gasteiger partial charge on any atom is 0.335 e. The van der Waals surface area contributed by atoms with Crippen LogP contribution in [0.3, 0.4) is 0 Å². The van der Waals surface area contributed by atoms with Gasteiger partial charge in [-0.2, -0.15) is 0 Å². The monoisotopic (exact) mass is 352 g/mol. The van der Waals surface area contributed by atoms with E-state index in [0.717, 1.165) is 22.3 Å². The fraction of sp³-hybridized carbons (Fsp3) is 0.200. The predicted octanol–water partition coefficient (Wildman–Crippen LogP) is 2.33. The number of esters is 2. The number of rotatable bonds is 2. The summed E-state index contributed by atoms with van der Waals surface area (Å²) in [5, 5.41) is 19.9. The van der Waals surface area contributed by atoms with E-state index in [4.69, 9.17) is 9.47 Å². The molecule has 0 saturated heterocycles. The molecule has 0 amide bonds. The maximum absolute atomic E-state index is 12.6. The molecular weight excluding hydrogens is 336 g/mol. The van der Waals surface area contributed by atoms with Crippen LogP contribution in [0.4, 0.5) is 0 Å². The molecule has 3 aliphatic carbocycles. The van der Waals surface area contributed by atoms with Gasteiger partial charge in [-0.3, -0.25) is 0 Å². The molecule has 2 aromatic carbocycles. The summed E-state index contributed by atoms with van der Waals surface area (Å²) in [5.41, 5.74) is 3.47. The molecule has 132 valence electrons. The minimum atomic E-state index is -0.617. The molecule has 0 radical (unpaired) electrons. The van der Waals surface area contributed by atoms with Gasteiger partial charge in [0.2, 0.25) is 0 Å². The first-order valence-electron chi connectivity index (χ1n) is 8.04. The van der Waals surface area contributed by atoms with Gasteiger partial charge in [0.25, 0.3) is 0 Å². The molecule has 0 spiro atoms. The Labute approximate surface area is 149 Å². The van der Waals surface area contributed by atoms with Crippen molar-refractivity contribution in [2.24, 2.45) is 0 Å². The van der Waals surface area contributed by atoms with Crippen molar-refractivity contribution in [2.75, 3.05) is 14.2 Å². The van der Waals surface area contributed by atoms with E-state index in [1.165, 1.54) is 26.4 Å². The van der Waals surface area contributed by atoms with Crippen LogP contribution in [0.5, 0.6) is 11.5 Å². The zero-order chi connectivity index (χ0) is 18.6. The van der Waals surface area contributed by atoms with Crippen molar-refractivity contribution in [2.45, 2.75) is 11.8 Å². The van der Waals surface area contributed by atoms with Crippen LogP contribution >= 0.6 is 0 Å². The quantitative estimate of drug-likeness (QED) is 0.806. The third-order valence-electron chi connectivity index (χ3n) is 5.06. The van der Waals surface area contributed by atoms with Crippen LogP contribution in [0.15, 0.2) is 47.5 Å². The Balaban J connectivity index is 2.10. The van der Waals surface area contributed by atoms with E-state index in [1.54, 1.807) is 24.3 Å². The number of carbonyl (C=O) groups is 2. The van der Waals surface area contributed by atoms with Gasteiger partial charge >= 0.3 is 11.9 Å². The number of hydrogen-bond acceptors (Lipinski definition) is 6. The van der Waals surface area contributed by atoms with Gasteiger partial charge in [0.05, 0.1) is 25.4 Å². The van der Waals surface area contributed by atoms with Gasteiger partial charge in [-0.25, -0.2) is 9.59 Å². The normalized spacial score (nSPS) is 19.6. The Morgan fingerprint density at radius 2 is 1.12 bits per heavy atom. The molecule has 0 aromatic heterocycles. The summed E-state index contributed by atoms with van der Waals surface area (Å²) in [5.74, 6) is -2.26. The summed E-state index contributed by atoms with van der Waals surface area (Å²) in [4.78, 5) is 25.1. The summed E-state index contributed by atoms with van der Waals surface area (Å²) in [6.45, 7) is 0. The van der Waals surface area contributed by atoms with Crippen molar-refractivity contribution >= 4 is 11.9 Å². The van der Waals surface area contributed by atoms with E-state index in [0.29, 0.717) is 0 Å². The Kier molecular flexibility index (Phi) is 3.50. The van der Waals surface area contributed by atoms with Gasteiger partial charge in [0, 0.05) is 11.8 Å². The number of phenolic OH excluding ortho intramolecular Hbond substituents is 2. The van der Waals surface area contributed by atoms with Crippen LogP contribution in [0, 0.1) is 0 Å². The SMILES string of the molecule is COC(=O)C1=C(C(=O)OC)C2c3ccc(O)cc3C1c1ccc(O)cc12. The summed E-state index contributed by atoms with van der Waals surface area (Å²) >= 11 is 0. The Morgan fingerprint density at radius 3 is 1.46 bits per heavy atom. The Hall–Kier alpha value is -3.28. The molecule has 26 heavy (non-hydrogen) atoms. The molecule has 0 fully saturated rings. The molecule has 2 bridgehead atoms. The number of hydrogen-bond donors (Lipinski definition) is 2. The van der Waals surface area contributed by atoms with Crippen molar-refractivity contribution in [3.8, 4) is 11.5 Å². The average Bonchev–Trinajstić information content (AvgIpc) is 2.65. The molecule has 0 heterocycles. The lowest BCUT2D eigenvalue weighted by Gasteiger charge is -2.41. The smallest absolute Gasteiger partial charge is 0.335 e. The molecular formula is C20H16O6. The van der Waals surface area contributed by atoms with Crippen molar-refractivity contribution < 1.29 is 29.3 Å². The number of ether oxygens (including phenoxy) is 2. The van der Waals surface area contributed by atoms with Gasteiger partial charge in [-0.05, 0) is 46.5 Å². The summed E-state index contributed by atoms with van der Waals surface area (Å²) < 4.78 is 9.87. The van der Waals surface area contributed by atoms with Gasteiger partial charge < -0.3 is 19.7 Å². The topological polar surface area (TPSA) is 93.1 Å². The van der Waals surface area contributed by atoms with Crippen molar-refractivity contribution in [1.82, 2.24) is 0 Å². The number of aromatic hydroxyl groups is 2. The summed E-state index contributed by atoms with van der Waals surface area (Å²) in [7, 11) is 2.52. The third-order valence-corrected chi connectivity index (χ3v) is 5.06. The molecule has 2 atom stereocenters. The van der Waals surface area contributed by atoms with Crippen LogP contribution in [-0.4, -0.2) is 36.4 Å². The summed E-state index contributed by atoms with van der Waals surface area (Å²) in [6.07, 6.45) is 0. The first kappa shape index (κ1) is 16.2. The van der Waals surface area contributed by atoms with Gasteiger partial charge in [0.15, 0.2) is 0 Å². The van der Waals surface area contributed by atoms with Gasteiger partial charge in [-0.1, -0.05) is 12.1 Å². The molecule has 5 rings (SSSR count). The lowest BCUT2D eigenvalue weighted by atomic mass is 9.61. The van der Waals surface area contributed by atoms with E-state index in [1.807, 2.05) is 0 Å². The first-order chi connectivity index (χ1) is 12.5. The molecule has 6 heteroatoms. The van der Waals surface area contributed by atoms with E-state index in [2.05, 4.69) is 0 Å². The number of methoxy groups -OCH3 is 2. The molecule has 2 aromatic rings. The largest absolute Gasteiger partial charge is 0.508 e. The minimum Gasteiger partial charge on any atom is -0.508 e. The lowest BCUT2D eigenvalue weighted by Crippen LogP contribution is -2.34. The van der Waals surface area contributed by atoms with E-state index in [-0.39, 0.29) is 22.6 Å². The zero-order valence-electron chi connectivity index (χ0n) is 14.1. The second-order valence-corrected chi connectivity index (χ2v) is 6.30. The van der Waals surface area contributed by atoms with Crippen molar-refractivity contribution in [3.05, 3.63) is 69.8 Å². The lowest BCUT2D eigenvalue weighted by molar-refractivity contribution is -0.140. The zero-order valence-corrected chi connectivity index (χ0v) is 14.1. The van der Waals surface area contributed by atoms with Gasteiger partial charge in [-0.15, -0.1) is 0 Å². The number of carbonyl (C=O) groups excluding carboxylic acids is 2. The fourth-order valence-electron chi connectivity index (χ4n) is 4.09. The van der Waals surface area contributed by atoms with E-state index in [9.17, 15) is 19.8 Å². The fourth-order valence-corrected chi connectivity index (χ4v) is 4.09. The standard InChI is InChI=1S/C20H16O6/c1-25-19(23)17-15-11-5-3-10(22)8-14(11)16(18(17)20(24)26-2)12-6-4-9(21)7-13(12)15/h3-8,15-16,21-22H,1-2H3. The molecule has 2 N–H and O–H groups in total. The average molecular weight is 352 g/mol. The minimum absolute atomic E-state index is 0.0699. The predicted molar refractivity (Wildman–Crippen MR) is 91.0 cm³/mol. The van der Waals surface area contributed by atoms with Crippen molar-refractivity contribution in [3.63, 3.8) is 0 Å². The highest BCUT2D eigenvalue weighted by molar-refractivity contribution is 6.06. The second kappa shape index (κ2) is 5.62. The van der Waals surface area contributed by atoms with Crippen LogP contribution in [0.25, 0.3) is 0 Å². The molecule has 3 aliphatic rings. The number of phenols is 2. The Bertz CT molecular complexity index is 908. The first-order valence-corrected chi connectivity index (χ1v) is 8.04. The van der Waals surface area contributed by atoms with Crippen LogP contribution in [0.1, 0.15) is 34.1 Å². The van der Waals surface area contributed by atoms with Crippen LogP contribution < -0.4 is 0 Å². The number of benzene rings is 2. The Morgan fingerprint density at radius 1 is 0.731 bits per heavy atom. The highest BCUT2D eigenvalue weighted by atomic mass is 16.5. The third kappa shape index (κ3) is 2.05. The second-order valence-electron chi connectivity index (χ2n) is 6.30. The molecule has 0 saturated carbocycles. The molecule has 6 nitrogen and oxygen atoms in total. The molecule has 2 unspecified atom stereocenters. The van der Waals surface area contributed by atoms with Gasteiger partial charge in [0.1, 0.15) is 11.5 Å². The van der Waals surface area contributed by atoms with Crippen molar-refractivity contribution in [1.29, 1.82) is 0 Å². The maximum atomic E-state index is 12.6. The summed E-state index contributed by atoms with van der Waals surface area (Å²) in [6, 6.07) is 9.72. The van der Waals surface area contributed by atoms with E-state index < -0.39 is 23.8 Å².